The van der Waals surface area contributed by atoms with E-state index >= 15 is 0 Å². The first-order valence-electron chi connectivity index (χ1n) is 15.6. The molecule has 0 fully saturated rings. The summed E-state index contributed by atoms with van der Waals surface area (Å²) in [5.74, 6) is -1.81. The summed E-state index contributed by atoms with van der Waals surface area (Å²) in [5.41, 5.74) is 0.541. The van der Waals surface area contributed by atoms with Gasteiger partial charge in [0.25, 0.3) is 5.91 Å². The number of carbonyl (C=O) groups is 2. The minimum absolute atomic E-state index is 0.0838. The fraction of sp³-hybridized carbons (Fsp3) is 0.132. The minimum Gasteiger partial charge on any atom is -0.506 e. The number of phenols is 1. The minimum atomic E-state index is -2.22. The normalized spacial score (nSPS) is 13.1. The second kappa shape index (κ2) is 14.7. The Balaban J connectivity index is 1.06. The number of nitrogens with one attached hydrogen (secondary N) is 3. The number of aromatic hydroxyl groups is 1. The quantitative estimate of drug-likeness (QED) is 0.0850. The number of phenolic OH excluding ortho intramolecular Hbond substituents is 1. The summed E-state index contributed by atoms with van der Waals surface area (Å²) in [6.07, 6.45) is -0.923. The van der Waals surface area contributed by atoms with E-state index < -0.39 is 17.7 Å². The molecule has 12 heteroatoms. The van der Waals surface area contributed by atoms with Crippen LogP contribution in [-0.2, 0) is 23.5 Å². The van der Waals surface area contributed by atoms with Gasteiger partial charge < -0.3 is 36.0 Å². The van der Waals surface area contributed by atoms with Crippen molar-refractivity contribution in [2.45, 2.75) is 24.8 Å². The van der Waals surface area contributed by atoms with Gasteiger partial charge in [-0.25, -0.2) is 4.79 Å². The number of aliphatic hydroxyl groups is 2. The van der Waals surface area contributed by atoms with E-state index in [-0.39, 0.29) is 52.0 Å². The van der Waals surface area contributed by atoms with Crippen molar-refractivity contribution < 1.29 is 30.0 Å². The van der Waals surface area contributed by atoms with Crippen LogP contribution in [0.2, 0.25) is 5.02 Å². The van der Waals surface area contributed by atoms with Gasteiger partial charge in [0.05, 0.1) is 28.8 Å². The molecule has 50 heavy (non-hydrogen) atoms. The van der Waals surface area contributed by atoms with Crippen LogP contribution < -0.4 is 16.2 Å². The van der Waals surface area contributed by atoms with Gasteiger partial charge in [0.2, 0.25) is 11.2 Å². The number of pyridine rings is 1. The molecule has 0 unspecified atom stereocenters. The lowest BCUT2D eigenvalue weighted by atomic mass is 9.85. The monoisotopic (exact) mass is 709 g/mol. The molecule has 0 spiro atoms. The van der Waals surface area contributed by atoms with E-state index in [1.54, 1.807) is 78.9 Å². The number of H-pyrrole nitrogens is 1. The highest BCUT2D eigenvalue weighted by Gasteiger charge is 2.40. The van der Waals surface area contributed by atoms with Crippen molar-refractivity contribution in [1.82, 2.24) is 15.6 Å². The number of aliphatic hydroxyl groups excluding tert-OH is 1. The van der Waals surface area contributed by atoms with E-state index in [1.807, 2.05) is 18.2 Å². The molecule has 6 aromatic rings. The van der Waals surface area contributed by atoms with Crippen molar-refractivity contribution in [2.24, 2.45) is 0 Å². The van der Waals surface area contributed by atoms with Crippen LogP contribution in [0.15, 0.2) is 114 Å². The third kappa shape index (κ3) is 7.18. The van der Waals surface area contributed by atoms with Crippen LogP contribution in [0.1, 0.15) is 43.6 Å². The maximum atomic E-state index is 13.0. The molecule has 0 bridgehead atoms. The molecule has 0 saturated carbocycles. The summed E-state index contributed by atoms with van der Waals surface area (Å²) in [4.78, 5) is 41.2. The van der Waals surface area contributed by atoms with Crippen molar-refractivity contribution >= 4 is 45.7 Å². The van der Waals surface area contributed by atoms with Crippen molar-refractivity contribution in [1.29, 1.82) is 0 Å². The number of hydrogen-bond acceptors (Lipinski definition) is 8. The third-order valence-corrected chi connectivity index (χ3v) is 9.81. The molecule has 0 radical (unpaired) electrons. The van der Waals surface area contributed by atoms with Crippen LogP contribution in [0.5, 0.6) is 5.75 Å². The lowest BCUT2D eigenvalue weighted by Crippen LogP contribution is -2.36. The van der Waals surface area contributed by atoms with Crippen molar-refractivity contribution in [3.8, 4) is 16.2 Å². The molecule has 10 nitrogen and oxygen atoms in total. The Morgan fingerprint density at radius 1 is 0.880 bits per heavy atom. The number of thiophene rings is 1. The van der Waals surface area contributed by atoms with E-state index in [0.29, 0.717) is 23.1 Å². The molecule has 0 aliphatic rings. The number of carboxylic acids is 1. The van der Waals surface area contributed by atoms with Gasteiger partial charge in [-0.3, -0.25) is 9.59 Å². The number of benzene rings is 4. The van der Waals surface area contributed by atoms with Gasteiger partial charge in [-0.05, 0) is 64.7 Å². The Morgan fingerprint density at radius 2 is 1.66 bits per heavy atom. The smallest absolute Gasteiger partial charge is 0.345 e. The number of aliphatic carboxylic acids is 1. The predicted molar refractivity (Wildman–Crippen MR) is 192 cm³/mol. The summed E-state index contributed by atoms with van der Waals surface area (Å²) in [7, 11) is 0. The van der Waals surface area contributed by atoms with E-state index in [2.05, 4.69) is 15.6 Å². The van der Waals surface area contributed by atoms with Crippen molar-refractivity contribution in [2.75, 3.05) is 6.54 Å². The number of carboxylic acid groups (broad SMARTS) is 1. The lowest BCUT2D eigenvalue weighted by Gasteiger charge is -2.25. The van der Waals surface area contributed by atoms with Gasteiger partial charge in [0.15, 0.2) is 0 Å². The summed E-state index contributed by atoms with van der Waals surface area (Å²) in [6.45, 7) is 0.781. The zero-order valence-electron chi connectivity index (χ0n) is 26.4. The Bertz CT molecular complexity index is 2260. The fourth-order valence-electron chi connectivity index (χ4n) is 5.75. The Morgan fingerprint density at radius 3 is 2.42 bits per heavy atom. The molecule has 2 heterocycles. The molecule has 6 rings (SSSR count). The maximum Gasteiger partial charge on any atom is 0.345 e. The van der Waals surface area contributed by atoms with E-state index in [4.69, 9.17) is 11.6 Å². The fourth-order valence-corrected chi connectivity index (χ4v) is 6.98. The molecular formula is C38H32ClN3O7S. The van der Waals surface area contributed by atoms with Gasteiger partial charge in [0, 0.05) is 39.9 Å². The summed E-state index contributed by atoms with van der Waals surface area (Å²) >= 11 is 7.92. The van der Waals surface area contributed by atoms with Crippen LogP contribution >= 0.6 is 22.9 Å². The Kier molecular flexibility index (Phi) is 10.1. The van der Waals surface area contributed by atoms with Gasteiger partial charge in [0.1, 0.15) is 5.75 Å². The first kappa shape index (κ1) is 34.6. The molecule has 0 saturated heterocycles. The standard InChI is InChI=1S/C38H32ClN3O7S/c39-30-17-22(19-40-21-32(44)27-12-14-31(43)35-28(27)13-16-34(45)42-35)9-11-29(30)36(46)41-20-26-10-15-33(50-26)23-5-4-8-25(18-23)38(49,37(47)48)24-6-2-1-3-7-24/h1-18,32,40,43-44,49H,19-21H2,(H,41,46)(H,42,45)(H,47,48)/t32-,38-/m0/s1. The largest absolute Gasteiger partial charge is 0.506 e. The average Bonchev–Trinajstić information content (AvgIpc) is 3.60. The summed E-state index contributed by atoms with van der Waals surface area (Å²) in [6, 6.07) is 29.8. The van der Waals surface area contributed by atoms with Gasteiger partial charge >= 0.3 is 5.97 Å². The van der Waals surface area contributed by atoms with E-state index in [9.17, 15) is 34.8 Å². The Hall–Kier alpha value is -5.30. The molecule has 254 valence electrons. The van der Waals surface area contributed by atoms with Gasteiger partial charge in [-0.1, -0.05) is 72.3 Å². The Labute approximate surface area is 295 Å². The predicted octanol–water partition coefficient (Wildman–Crippen LogP) is 5.69. The highest BCUT2D eigenvalue weighted by Crippen LogP contribution is 2.35. The van der Waals surface area contributed by atoms with Crippen LogP contribution in [-0.4, -0.2) is 43.8 Å². The molecule has 2 atom stereocenters. The molecular weight excluding hydrogens is 678 g/mol. The molecule has 4 aromatic carbocycles. The zero-order valence-corrected chi connectivity index (χ0v) is 28.0. The molecule has 0 aliphatic carbocycles. The van der Waals surface area contributed by atoms with Crippen LogP contribution in [0.3, 0.4) is 0 Å². The SMILES string of the molecule is O=C(NCc1ccc(-c2cccc([C@](O)(C(=O)O)c3ccccc3)c2)s1)c1ccc(CNC[C@H](O)c2ccc(O)c3[nH]c(=O)ccc23)cc1Cl. The average molecular weight is 710 g/mol. The van der Waals surface area contributed by atoms with Gasteiger partial charge in [-0.2, -0.15) is 0 Å². The first-order chi connectivity index (χ1) is 24.0. The molecule has 2 aromatic heterocycles. The van der Waals surface area contributed by atoms with Crippen LogP contribution in [0.4, 0.5) is 0 Å². The highest BCUT2D eigenvalue weighted by atomic mass is 35.5. The summed E-state index contributed by atoms with van der Waals surface area (Å²) < 4.78 is 0. The lowest BCUT2D eigenvalue weighted by molar-refractivity contribution is -0.155. The van der Waals surface area contributed by atoms with Crippen molar-refractivity contribution in [3.05, 3.63) is 157 Å². The topological polar surface area (TPSA) is 172 Å². The summed E-state index contributed by atoms with van der Waals surface area (Å²) in [5, 5.41) is 49.0. The second-order valence-corrected chi connectivity index (χ2v) is 13.2. The molecule has 1 amide bonds. The van der Waals surface area contributed by atoms with Gasteiger partial charge in [-0.15, -0.1) is 11.3 Å². The number of amides is 1. The number of rotatable bonds is 12. The molecule has 0 aliphatic heterocycles. The number of halogens is 1. The highest BCUT2D eigenvalue weighted by molar-refractivity contribution is 7.15. The number of hydrogen-bond donors (Lipinski definition) is 7. The first-order valence-corrected chi connectivity index (χ1v) is 16.7. The third-order valence-electron chi connectivity index (χ3n) is 8.36. The van der Waals surface area contributed by atoms with E-state index in [1.165, 1.54) is 23.5 Å². The van der Waals surface area contributed by atoms with E-state index in [0.717, 1.165) is 20.9 Å². The molecule has 7 N–H and O–H groups in total. The van der Waals surface area contributed by atoms with Crippen molar-refractivity contribution in [3.63, 3.8) is 0 Å². The zero-order chi connectivity index (χ0) is 35.4. The number of aromatic amines is 1. The maximum absolute atomic E-state index is 13.0. The number of carbonyl (C=O) groups excluding carboxylic acids is 1. The number of aromatic nitrogens is 1. The second-order valence-electron chi connectivity index (χ2n) is 11.7. The van der Waals surface area contributed by atoms with Crippen LogP contribution in [0, 0.1) is 0 Å². The van der Waals surface area contributed by atoms with Crippen LogP contribution in [0.25, 0.3) is 21.3 Å². The number of fused-ring (bicyclic) bond motifs is 1.